The van der Waals surface area contributed by atoms with Crippen LogP contribution < -0.4 is 27.7 Å². The van der Waals surface area contributed by atoms with Crippen molar-refractivity contribution in [3.63, 3.8) is 0 Å². The second-order valence-electron chi connectivity index (χ2n) is 12.8. The summed E-state index contributed by atoms with van der Waals surface area (Å²) in [7, 11) is 0. The molecule has 0 saturated heterocycles. The van der Waals surface area contributed by atoms with E-state index < -0.39 is 17.9 Å². The first-order valence-corrected chi connectivity index (χ1v) is 18.0. The molecular formula is C47H55ClN4O6Ru2. The normalized spacial score (nSPS) is 9.20. The van der Waals surface area contributed by atoms with Crippen molar-refractivity contribution in [3.8, 4) is 0 Å². The summed E-state index contributed by atoms with van der Waals surface area (Å²) < 4.78 is 0. The van der Waals surface area contributed by atoms with Crippen molar-refractivity contribution in [2.75, 3.05) is 0 Å². The van der Waals surface area contributed by atoms with E-state index in [1.807, 2.05) is 42.5 Å². The molecule has 0 fully saturated rings. The van der Waals surface area contributed by atoms with E-state index in [4.69, 9.17) is 29.7 Å². The van der Waals surface area contributed by atoms with Crippen LogP contribution in [-0.4, -0.2) is 30.6 Å². The number of carbonyl (C=O) groups excluding carboxylic acids is 3. The summed E-state index contributed by atoms with van der Waals surface area (Å²) in [6.07, 6.45) is 3.31. The smallest absolute Gasteiger partial charge is 1.00 e. The number of hydrogen-bond acceptors (Lipinski definition) is 8. The molecule has 0 amide bonds. The van der Waals surface area contributed by atoms with Gasteiger partial charge in [0.05, 0.1) is 0 Å². The molecule has 60 heavy (non-hydrogen) atoms. The molecule has 0 N–H and O–H groups in total. The van der Waals surface area contributed by atoms with E-state index in [0.29, 0.717) is 0 Å². The summed E-state index contributed by atoms with van der Waals surface area (Å²) in [5.41, 5.74) is 14.8. The van der Waals surface area contributed by atoms with Crippen molar-refractivity contribution in [2.45, 2.75) is 83.1 Å². The minimum Gasteiger partial charge on any atom is -1.00 e. The Morgan fingerprint density at radius 3 is 0.833 bits per heavy atom. The maximum absolute atomic E-state index is 8.89. The van der Waals surface area contributed by atoms with Gasteiger partial charge in [-0.15, -0.1) is 0 Å². The minimum atomic E-state index is -1.08. The number of carbonyl (C=O) groups is 3. The Bertz CT molecular complexity index is 1840. The Balaban J connectivity index is -0.000000355. The summed E-state index contributed by atoms with van der Waals surface area (Å²) in [4.78, 5) is 35.6. The molecular weight excluding hydrogens is 954 g/mol. The van der Waals surface area contributed by atoms with Gasteiger partial charge in [0.25, 0.3) is 0 Å². The maximum atomic E-state index is 8.89. The van der Waals surface area contributed by atoms with Gasteiger partial charge in [0.1, 0.15) is 0 Å². The summed E-state index contributed by atoms with van der Waals surface area (Å²) >= 11 is 0. The molecule has 0 aliphatic heterocycles. The Labute approximate surface area is 389 Å². The van der Waals surface area contributed by atoms with E-state index in [9.17, 15) is 0 Å². The van der Waals surface area contributed by atoms with E-state index in [0.717, 1.165) is 43.5 Å². The molecule has 10 nitrogen and oxygen atoms in total. The van der Waals surface area contributed by atoms with Crippen LogP contribution in [0.1, 0.15) is 70.8 Å². The Kier molecular flexibility index (Phi) is 35.8. The number of hydrogen-bond donors (Lipinski definition) is 0. The molecule has 0 aliphatic carbocycles. The Morgan fingerprint density at radius 2 is 0.633 bits per heavy atom. The predicted octanol–water partition coefficient (Wildman–Crippen LogP) is 5.83. The Morgan fingerprint density at radius 1 is 0.417 bits per heavy atom. The van der Waals surface area contributed by atoms with Gasteiger partial charge in [-0.2, -0.15) is 0 Å². The molecule has 0 unspecified atom stereocenters. The fraction of sp³-hybridized carbons (Fsp3) is 0.255. The van der Waals surface area contributed by atoms with Crippen molar-refractivity contribution in [1.82, 2.24) is 0 Å². The average Bonchev–Trinajstić information content (AvgIpc) is 3.10. The minimum absolute atomic E-state index is 0. The van der Waals surface area contributed by atoms with Crippen molar-refractivity contribution >= 4 is 53.3 Å². The number of aliphatic imine (C=N–C) groups is 2. The third-order valence-corrected chi connectivity index (χ3v) is 7.45. The first-order chi connectivity index (χ1) is 26.8. The fourth-order valence-corrected chi connectivity index (χ4v) is 4.86. The van der Waals surface area contributed by atoms with E-state index >= 15 is 0 Å². The largest absolute Gasteiger partial charge is 3.00 e. The molecule has 5 aromatic rings. The predicted molar refractivity (Wildman–Crippen MR) is 229 cm³/mol. The summed E-state index contributed by atoms with van der Waals surface area (Å²) in [6.45, 7) is 21.5. The average molecular weight is 1010 g/mol. The van der Waals surface area contributed by atoms with Gasteiger partial charge in [-0.25, -0.2) is 0 Å². The van der Waals surface area contributed by atoms with Gasteiger partial charge < -0.3 is 62.7 Å². The van der Waals surface area contributed by atoms with Crippen LogP contribution in [0.25, 0.3) is 10.6 Å². The SMILES string of the molecule is CC(=O)[O-].CC(=O)[O-].CC(=O)[O-].Cc1cccc(C)c1N=C[N-]c1c(C)cccc1C.Cc1cccc(C)c1N=C[N-]c1c(C)cccc1C.Cc1ccccc1.[Cl-].[Ru+3].[Ru+3]. The number of para-hydroxylation sites is 4. The van der Waals surface area contributed by atoms with Gasteiger partial charge >= 0.3 is 39.0 Å². The molecule has 13 heteroatoms. The number of aliphatic carboxylic acids is 3. The molecule has 322 valence electrons. The van der Waals surface area contributed by atoms with E-state index in [2.05, 4.69) is 144 Å². The van der Waals surface area contributed by atoms with Gasteiger partial charge in [-0.05, 0) is 150 Å². The van der Waals surface area contributed by atoms with E-state index in [1.165, 1.54) is 50.1 Å². The van der Waals surface area contributed by atoms with Crippen molar-refractivity contribution in [1.29, 1.82) is 0 Å². The van der Waals surface area contributed by atoms with Crippen LogP contribution in [0, 0.1) is 62.3 Å². The quantitative estimate of drug-likeness (QED) is 0.118. The third kappa shape index (κ3) is 28.4. The van der Waals surface area contributed by atoms with E-state index in [-0.39, 0.29) is 51.4 Å². The number of benzene rings is 5. The van der Waals surface area contributed by atoms with Crippen molar-refractivity contribution in [2.24, 2.45) is 9.98 Å². The maximum Gasteiger partial charge on any atom is 3.00 e. The molecule has 0 bridgehead atoms. The molecule has 0 aliphatic rings. The second kappa shape index (κ2) is 34.8. The summed E-state index contributed by atoms with van der Waals surface area (Å²) in [6, 6.07) is 35.0. The first-order valence-electron chi connectivity index (χ1n) is 18.0. The van der Waals surface area contributed by atoms with Gasteiger partial charge in [0, 0.05) is 17.9 Å². The summed E-state index contributed by atoms with van der Waals surface area (Å²) in [5.74, 6) is -3.25. The van der Waals surface area contributed by atoms with E-state index in [1.54, 1.807) is 12.7 Å². The zero-order chi connectivity index (χ0) is 43.5. The molecule has 0 atom stereocenters. The van der Waals surface area contributed by atoms with Gasteiger partial charge in [0.15, 0.2) is 0 Å². The molecule has 0 spiro atoms. The number of carboxylic acids is 3. The fourth-order valence-electron chi connectivity index (χ4n) is 4.86. The van der Waals surface area contributed by atoms with Crippen LogP contribution in [0.4, 0.5) is 22.7 Å². The van der Waals surface area contributed by atoms with Gasteiger partial charge in [-0.1, -0.05) is 121 Å². The number of carboxylic acid groups (broad SMARTS) is 3. The third-order valence-electron chi connectivity index (χ3n) is 7.45. The van der Waals surface area contributed by atoms with Crippen LogP contribution in [-0.2, 0) is 53.3 Å². The first kappa shape index (κ1) is 61.6. The molecule has 5 aromatic carbocycles. The van der Waals surface area contributed by atoms with Crippen LogP contribution >= 0.6 is 0 Å². The zero-order valence-corrected chi connectivity index (χ0v) is 40.5. The molecule has 2 radical (unpaired) electrons. The zero-order valence-electron chi connectivity index (χ0n) is 36.3. The van der Waals surface area contributed by atoms with Crippen LogP contribution in [0.3, 0.4) is 0 Å². The van der Waals surface area contributed by atoms with Gasteiger partial charge in [0.2, 0.25) is 0 Å². The Hall–Kier alpha value is -5.01. The molecule has 0 saturated carbocycles. The monoisotopic (exact) mass is 1010 g/mol. The summed E-state index contributed by atoms with van der Waals surface area (Å²) in [5, 5.41) is 35.6. The molecule has 5 rings (SSSR count). The van der Waals surface area contributed by atoms with Crippen molar-refractivity contribution in [3.05, 3.63) is 164 Å². The topological polar surface area (TPSA) is 173 Å². The molecule has 0 heterocycles. The van der Waals surface area contributed by atoms with Crippen LogP contribution in [0.2, 0.25) is 0 Å². The van der Waals surface area contributed by atoms with Gasteiger partial charge in [-0.3, -0.25) is 0 Å². The second-order valence-corrected chi connectivity index (χ2v) is 12.8. The van der Waals surface area contributed by atoms with Crippen molar-refractivity contribution < 1.29 is 81.1 Å². The number of nitrogens with zero attached hydrogens (tertiary/aromatic N) is 4. The van der Waals surface area contributed by atoms with Crippen LogP contribution in [0.5, 0.6) is 0 Å². The standard InChI is InChI=1S/2C17H19N2.C7H8.3C2H4O2.ClH.2Ru/c2*1-12-7-5-8-13(2)16(12)18-11-19-17-14(3)9-6-10-15(17)4;1-7-5-3-2-4-6-7;3*1-2(3)4;;;/h2*5-11H,1-4H3;2-6H,1H3;3*1H3,(H,3,4);1H;;/q2*-1;;;;;;2*+3/p-4. The number of rotatable bonds is 6. The number of aryl methyl sites for hydroxylation is 9. The molecule has 0 aromatic heterocycles. The van der Waals surface area contributed by atoms with Crippen LogP contribution in [0.15, 0.2) is 113 Å². The number of halogens is 1.